The van der Waals surface area contributed by atoms with Crippen LogP contribution in [0.3, 0.4) is 0 Å². The van der Waals surface area contributed by atoms with Crippen LogP contribution < -0.4 is 0 Å². The van der Waals surface area contributed by atoms with E-state index in [0.717, 1.165) is 15.9 Å². The van der Waals surface area contributed by atoms with E-state index < -0.39 is 6.10 Å². The van der Waals surface area contributed by atoms with Crippen molar-refractivity contribution in [1.29, 1.82) is 0 Å². The second-order valence-corrected chi connectivity index (χ2v) is 5.99. The molecule has 1 atom stereocenters. The zero-order chi connectivity index (χ0) is 14.0. The Balaban J connectivity index is 2.20. The maximum absolute atomic E-state index is 10.3. The maximum Gasteiger partial charge on any atom is 0.138 e. The molecular weight excluding hydrogens is 330 g/mol. The van der Waals surface area contributed by atoms with Gasteiger partial charge in [0, 0.05) is 22.0 Å². The number of hydrogen-bond acceptors (Lipinski definition) is 3. The first kappa shape index (κ1) is 14.5. The Bertz CT molecular complexity index is 551. The fourth-order valence-electron chi connectivity index (χ4n) is 1.91. The van der Waals surface area contributed by atoms with E-state index in [1.165, 1.54) is 6.33 Å². The molecule has 1 aromatic heterocycles. The van der Waals surface area contributed by atoms with Gasteiger partial charge in [-0.05, 0) is 37.6 Å². The normalized spacial score (nSPS) is 12.9. The van der Waals surface area contributed by atoms with E-state index in [1.807, 2.05) is 24.6 Å². The van der Waals surface area contributed by atoms with Crippen molar-refractivity contribution in [2.45, 2.75) is 32.4 Å². The van der Waals surface area contributed by atoms with Crippen molar-refractivity contribution in [3.63, 3.8) is 0 Å². The number of aliphatic hydroxyl groups is 1. The number of rotatable bonds is 4. The summed E-state index contributed by atoms with van der Waals surface area (Å²) in [5.41, 5.74) is 0.762. The molecule has 1 aromatic carbocycles. The first-order chi connectivity index (χ1) is 8.97. The van der Waals surface area contributed by atoms with Gasteiger partial charge in [-0.2, -0.15) is 5.10 Å². The first-order valence-corrected chi connectivity index (χ1v) is 7.17. The van der Waals surface area contributed by atoms with Gasteiger partial charge in [-0.15, -0.1) is 0 Å². The summed E-state index contributed by atoms with van der Waals surface area (Å²) in [5, 5.41) is 15.0. The van der Waals surface area contributed by atoms with Crippen LogP contribution in [0.25, 0.3) is 0 Å². The van der Waals surface area contributed by atoms with E-state index in [2.05, 4.69) is 26.0 Å². The van der Waals surface area contributed by atoms with Crippen LogP contribution in [0.15, 0.2) is 29.0 Å². The molecule has 0 bridgehead atoms. The van der Waals surface area contributed by atoms with Gasteiger partial charge in [-0.1, -0.05) is 27.5 Å². The lowest BCUT2D eigenvalue weighted by molar-refractivity contribution is 0.173. The molecule has 1 heterocycles. The molecule has 2 aromatic rings. The zero-order valence-electron chi connectivity index (χ0n) is 10.7. The minimum atomic E-state index is -0.656. The van der Waals surface area contributed by atoms with Crippen LogP contribution in [0.5, 0.6) is 0 Å². The van der Waals surface area contributed by atoms with Crippen LogP contribution in [0.1, 0.15) is 37.4 Å². The summed E-state index contributed by atoms with van der Waals surface area (Å²) in [6.07, 6.45) is 1.26. The quantitative estimate of drug-likeness (QED) is 0.923. The molecule has 0 radical (unpaired) electrons. The molecule has 0 amide bonds. The number of nitrogens with zero attached hydrogens (tertiary/aromatic N) is 3. The van der Waals surface area contributed by atoms with E-state index in [9.17, 15) is 5.11 Å². The predicted molar refractivity (Wildman–Crippen MR) is 78.2 cm³/mol. The highest BCUT2D eigenvalue weighted by molar-refractivity contribution is 9.10. The number of aromatic nitrogens is 3. The molecule has 4 nitrogen and oxygen atoms in total. The number of halogens is 2. The highest BCUT2D eigenvalue weighted by atomic mass is 79.9. The fraction of sp³-hybridized carbons (Fsp3) is 0.385. The largest absolute Gasteiger partial charge is 0.388 e. The zero-order valence-corrected chi connectivity index (χ0v) is 13.1. The van der Waals surface area contributed by atoms with Crippen molar-refractivity contribution < 1.29 is 5.11 Å². The molecule has 0 spiro atoms. The maximum atomic E-state index is 10.3. The van der Waals surface area contributed by atoms with Gasteiger partial charge in [0.15, 0.2) is 0 Å². The van der Waals surface area contributed by atoms with Crippen LogP contribution in [-0.4, -0.2) is 19.9 Å². The molecule has 0 aliphatic carbocycles. The minimum absolute atomic E-state index is 0.218. The van der Waals surface area contributed by atoms with E-state index >= 15 is 0 Å². The van der Waals surface area contributed by atoms with Crippen LogP contribution >= 0.6 is 27.5 Å². The van der Waals surface area contributed by atoms with Gasteiger partial charge in [0.2, 0.25) is 0 Å². The van der Waals surface area contributed by atoms with Gasteiger partial charge < -0.3 is 5.11 Å². The summed E-state index contributed by atoms with van der Waals surface area (Å²) in [7, 11) is 0. The standard InChI is InChI=1S/C13H15BrClN3O/c1-8(2)18-13(16-7-17-18)6-12(19)9-3-10(14)5-11(15)4-9/h3-5,7-8,12,19H,6H2,1-2H3. The Morgan fingerprint density at radius 1 is 1.37 bits per heavy atom. The molecular formula is C13H15BrClN3O. The third-order valence-corrected chi connectivity index (χ3v) is 3.46. The molecule has 19 heavy (non-hydrogen) atoms. The van der Waals surface area contributed by atoms with Crippen molar-refractivity contribution in [2.75, 3.05) is 0 Å². The number of benzene rings is 1. The topological polar surface area (TPSA) is 50.9 Å². The van der Waals surface area contributed by atoms with Gasteiger partial charge >= 0.3 is 0 Å². The molecule has 1 N–H and O–H groups in total. The third kappa shape index (κ3) is 3.55. The van der Waals surface area contributed by atoms with Crippen molar-refractivity contribution in [3.05, 3.63) is 45.4 Å². The summed E-state index contributed by atoms with van der Waals surface area (Å²) in [6.45, 7) is 4.06. The highest BCUT2D eigenvalue weighted by Crippen LogP contribution is 2.25. The Labute approximate surface area is 125 Å². The Morgan fingerprint density at radius 3 is 2.74 bits per heavy atom. The van der Waals surface area contributed by atoms with E-state index in [0.29, 0.717) is 11.4 Å². The Morgan fingerprint density at radius 2 is 2.11 bits per heavy atom. The minimum Gasteiger partial charge on any atom is -0.388 e. The van der Waals surface area contributed by atoms with Gasteiger partial charge in [0.05, 0.1) is 6.10 Å². The summed E-state index contributed by atoms with van der Waals surface area (Å²) in [4.78, 5) is 4.19. The second kappa shape index (κ2) is 6.03. The predicted octanol–water partition coefficient (Wildman–Crippen LogP) is 3.55. The lowest BCUT2D eigenvalue weighted by Gasteiger charge is -2.14. The molecule has 0 saturated heterocycles. The average Bonchev–Trinajstić information content (AvgIpc) is 2.75. The summed E-state index contributed by atoms with van der Waals surface area (Å²) < 4.78 is 2.65. The van der Waals surface area contributed by atoms with E-state index in [-0.39, 0.29) is 6.04 Å². The highest BCUT2D eigenvalue weighted by Gasteiger charge is 2.15. The lowest BCUT2D eigenvalue weighted by Crippen LogP contribution is -2.12. The fourth-order valence-corrected chi connectivity index (χ4v) is 2.80. The van der Waals surface area contributed by atoms with E-state index in [4.69, 9.17) is 11.6 Å². The van der Waals surface area contributed by atoms with Crippen molar-refractivity contribution in [2.24, 2.45) is 0 Å². The SMILES string of the molecule is CC(C)n1ncnc1CC(O)c1cc(Cl)cc(Br)c1. The lowest BCUT2D eigenvalue weighted by atomic mass is 10.1. The Kier molecular flexibility index (Phi) is 4.60. The summed E-state index contributed by atoms with van der Waals surface area (Å²) in [5.74, 6) is 0.763. The molecule has 1 unspecified atom stereocenters. The average molecular weight is 345 g/mol. The second-order valence-electron chi connectivity index (χ2n) is 4.64. The smallest absolute Gasteiger partial charge is 0.138 e. The summed E-state index contributed by atoms with van der Waals surface area (Å²) in [6, 6.07) is 5.62. The van der Waals surface area contributed by atoms with Gasteiger partial charge in [0.1, 0.15) is 12.2 Å². The molecule has 102 valence electrons. The summed E-state index contributed by atoms with van der Waals surface area (Å²) >= 11 is 9.35. The van der Waals surface area contributed by atoms with Crippen molar-refractivity contribution in [3.8, 4) is 0 Å². The van der Waals surface area contributed by atoms with Gasteiger partial charge in [-0.3, -0.25) is 0 Å². The molecule has 0 fully saturated rings. The van der Waals surface area contributed by atoms with Gasteiger partial charge in [0.25, 0.3) is 0 Å². The monoisotopic (exact) mass is 343 g/mol. The molecule has 2 rings (SSSR count). The van der Waals surface area contributed by atoms with E-state index in [1.54, 1.807) is 12.1 Å². The van der Waals surface area contributed by atoms with Crippen LogP contribution in [-0.2, 0) is 6.42 Å². The first-order valence-electron chi connectivity index (χ1n) is 6.00. The molecule has 0 saturated carbocycles. The van der Waals surface area contributed by atoms with Crippen LogP contribution in [0.2, 0.25) is 5.02 Å². The third-order valence-electron chi connectivity index (χ3n) is 2.78. The molecule has 0 aliphatic heterocycles. The Hall–Kier alpha value is -0.910. The number of hydrogen-bond donors (Lipinski definition) is 1. The van der Waals surface area contributed by atoms with Crippen molar-refractivity contribution >= 4 is 27.5 Å². The number of aliphatic hydroxyl groups excluding tert-OH is 1. The van der Waals surface area contributed by atoms with Gasteiger partial charge in [-0.25, -0.2) is 9.67 Å². The molecule has 0 aliphatic rings. The van der Waals surface area contributed by atoms with Crippen LogP contribution in [0, 0.1) is 0 Å². The molecule has 6 heteroatoms. The van der Waals surface area contributed by atoms with Crippen molar-refractivity contribution in [1.82, 2.24) is 14.8 Å². The van der Waals surface area contributed by atoms with Crippen LogP contribution in [0.4, 0.5) is 0 Å².